The number of benzene rings is 1. The fourth-order valence-electron chi connectivity index (χ4n) is 1.45. The van der Waals surface area contributed by atoms with Crippen molar-refractivity contribution in [3.63, 3.8) is 0 Å². The number of hydrogen-bond acceptors (Lipinski definition) is 2. The minimum absolute atomic E-state index is 0.225. The molecule has 1 aromatic rings. The Kier molecular flexibility index (Phi) is 4.13. The van der Waals surface area contributed by atoms with Crippen LogP contribution >= 0.6 is 0 Å². The summed E-state index contributed by atoms with van der Waals surface area (Å²) in [6.45, 7) is 3.93. The minimum atomic E-state index is -4.53. The molecule has 0 aliphatic heterocycles. The molecule has 0 fully saturated rings. The second-order valence-electron chi connectivity index (χ2n) is 3.57. The molecule has 1 unspecified atom stereocenters. The van der Waals surface area contributed by atoms with E-state index in [0.29, 0.717) is 5.56 Å². The van der Waals surface area contributed by atoms with Crippen LogP contribution < -0.4 is 0 Å². The van der Waals surface area contributed by atoms with E-state index in [-0.39, 0.29) is 12.2 Å². The first kappa shape index (κ1) is 13.5. The molecule has 5 heteroatoms. The van der Waals surface area contributed by atoms with Crippen LogP contribution in [0.25, 0.3) is 0 Å². The van der Waals surface area contributed by atoms with Crippen LogP contribution in [-0.4, -0.2) is 13.7 Å². The van der Waals surface area contributed by atoms with Crippen LogP contribution in [0.2, 0.25) is 0 Å². The summed E-state index contributed by atoms with van der Waals surface area (Å²) in [4.78, 5) is 0. The first-order chi connectivity index (χ1) is 7.90. The van der Waals surface area contributed by atoms with Crippen molar-refractivity contribution in [1.29, 1.82) is 5.26 Å². The molecular weight excluding hydrogens is 231 g/mol. The van der Waals surface area contributed by atoms with Crippen LogP contribution in [-0.2, 0) is 10.9 Å². The lowest BCUT2D eigenvalue weighted by Crippen LogP contribution is -2.10. The van der Waals surface area contributed by atoms with Gasteiger partial charge in [-0.15, -0.1) is 0 Å². The van der Waals surface area contributed by atoms with E-state index >= 15 is 0 Å². The minimum Gasteiger partial charge on any atom is -0.384 e. The van der Waals surface area contributed by atoms with E-state index in [0.717, 1.165) is 12.1 Å². The van der Waals surface area contributed by atoms with E-state index in [1.165, 1.54) is 19.2 Å². The molecule has 0 amide bonds. The van der Waals surface area contributed by atoms with Gasteiger partial charge in [-0.05, 0) is 24.6 Å². The number of rotatable bonds is 3. The summed E-state index contributed by atoms with van der Waals surface area (Å²) in [5.41, 5.74) is -0.911. The fourth-order valence-corrected chi connectivity index (χ4v) is 1.45. The predicted molar refractivity (Wildman–Crippen MR) is 56.1 cm³/mol. The van der Waals surface area contributed by atoms with Gasteiger partial charge in [0.25, 0.3) is 0 Å². The van der Waals surface area contributed by atoms with Gasteiger partial charge in [0.05, 0.1) is 23.8 Å². The van der Waals surface area contributed by atoms with Crippen LogP contribution in [0, 0.1) is 18.3 Å². The maximum absolute atomic E-state index is 12.7. The van der Waals surface area contributed by atoms with Crippen molar-refractivity contribution in [2.45, 2.75) is 12.1 Å². The normalized spacial score (nSPS) is 13.2. The number of ether oxygens (including phenoxy) is 1. The van der Waals surface area contributed by atoms with E-state index in [1.807, 2.05) is 0 Å². The second kappa shape index (κ2) is 5.19. The SMILES string of the molecule is [CH2]C(COC)c1ccc(C#N)c(C(F)(F)F)c1. The van der Waals surface area contributed by atoms with E-state index in [9.17, 15) is 13.2 Å². The van der Waals surface area contributed by atoms with Gasteiger partial charge in [-0.2, -0.15) is 18.4 Å². The molecule has 0 saturated carbocycles. The van der Waals surface area contributed by atoms with Gasteiger partial charge in [0, 0.05) is 13.0 Å². The van der Waals surface area contributed by atoms with E-state index in [2.05, 4.69) is 6.92 Å². The van der Waals surface area contributed by atoms with E-state index in [4.69, 9.17) is 10.00 Å². The molecule has 0 aromatic heterocycles. The number of methoxy groups -OCH3 is 1. The highest BCUT2D eigenvalue weighted by molar-refractivity contribution is 5.43. The molecular formula is C12H11F3NO. The van der Waals surface area contributed by atoms with Crippen molar-refractivity contribution in [2.24, 2.45) is 0 Å². The second-order valence-corrected chi connectivity index (χ2v) is 3.57. The maximum atomic E-state index is 12.7. The Morgan fingerprint density at radius 3 is 2.59 bits per heavy atom. The maximum Gasteiger partial charge on any atom is 0.417 e. The Balaban J connectivity index is 3.19. The van der Waals surface area contributed by atoms with Crippen molar-refractivity contribution in [2.75, 3.05) is 13.7 Å². The van der Waals surface area contributed by atoms with Gasteiger partial charge in [-0.25, -0.2) is 0 Å². The van der Waals surface area contributed by atoms with Crippen LogP contribution in [0.5, 0.6) is 0 Å². The summed E-state index contributed by atoms with van der Waals surface area (Å²) in [6.07, 6.45) is -4.53. The van der Waals surface area contributed by atoms with Gasteiger partial charge in [0.2, 0.25) is 0 Å². The molecule has 0 N–H and O–H groups in total. The molecule has 1 rings (SSSR count). The lowest BCUT2D eigenvalue weighted by atomic mass is 9.96. The third-order valence-corrected chi connectivity index (χ3v) is 2.31. The summed E-state index contributed by atoms with van der Waals surface area (Å²) >= 11 is 0. The molecule has 0 heterocycles. The third kappa shape index (κ3) is 3.21. The standard InChI is InChI=1S/C12H11F3NO/c1-8(7-17-2)9-3-4-10(6-16)11(5-9)12(13,14)15/h3-5,8H,1,7H2,2H3. The van der Waals surface area contributed by atoms with Gasteiger partial charge < -0.3 is 4.74 Å². The average Bonchev–Trinajstić information content (AvgIpc) is 2.27. The van der Waals surface area contributed by atoms with Crippen molar-refractivity contribution < 1.29 is 17.9 Å². The van der Waals surface area contributed by atoms with Crippen LogP contribution in [0.15, 0.2) is 18.2 Å². The zero-order chi connectivity index (χ0) is 13.1. The Morgan fingerprint density at radius 2 is 2.12 bits per heavy atom. The molecule has 1 atom stereocenters. The highest BCUT2D eigenvalue weighted by Gasteiger charge is 2.34. The van der Waals surface area contributed by atoms with E-state index < -0.39 is 17.7 Å². The lowest BCUT2D eigenvalue weighted by molar-refractivity contribution is -0.137. The average molecular weight is 242 g/mol. The monoisotopic (exact) mass is 242 g/mol. The molecule has 0 spiro atoms. The number of hydrogen-bond donors (Lipinski definition) is 0. The predicted octanol–water partition coefficient (Wildman–Crippen LogP) is 3.14. The highest BCUT2D eigenvalue weighted by atomic mass is 19.4. The number of nitriles is 1. The van der Waals surface area contributed by atoms with Gasteiger partial charge in [-0.3, -0.25) is 0 Å². The first-order valence-corrected chi connectivity index (χ1v) is 4.83. The van der Waals surface area contributed by atoms with E-state index in [1.54, 1.807) is 0 Å². The molecule has 0 bridgehead atoms. The molecule has 0 saturated heterocycles. The Hall–Kier alpha value is -1.54. The lowest BCUT2D eigenvalue weighted by Gasteiger charge is -2.14. The van der Waals surface area contributed by atoms with Crippen molar-refractivity contribution >= 4 is 0 Å². The van der Waals surface area contributed by atoms with Crippen molar-refractivity contribution in [1.82, 2.24) is 0 Å². The first-order valence-electron chi connectivity index (χ1n) is 4.83. The largest absolute Gasteiger partial charge is 0.417 e. The van der Waals surface area contributed by atoms with Crippen LogP contribution in [0.3, 0.4) is 0 Å². The fraction of sp³-hybridized carbons (Fsp3) is 0.333. The summed E-state index contributed by atoms with van der Waals surface area (Å²) in [5, 5.41) is 8.62. The molecule has 1 radical (unpaired) electrons. The zero-order valence-electron chi connectivity index (χ0n) is 9.21. The summed E-state index contributed by atoms with van der Waals surface area (Å²) in [7, 11) is 1.45. The third-order valence-electron chi connectivity index (χ3n) is 2.31. The van der Waals surface area contributed by atoms with Crippen molar-refractivity contribution in [3.8, 4) is 6.07 Å². The van der Waals surface area contributed by atoms with Gasteiger partial charge in [0.15, 0.2) is 0 Å². The molecule has 0 aliphatic carbocycles. The van der Waals surface area contributed by atoms with Crippen LogP contribution in [0.1, 0.15) is 22.6 Å². The van der Waals surface area contributed by atoms with Gasteiger partial charge in [0.1, 0.15) is 0 Å². The quantitative estimate of drug-likeness (QED) is 0.815. The molecule has 1 aromatic carbocycles. The van der Waals surface area contributed by atoms with Crippen LogP contribution in [0.4, 0.5) is 13.2 Å². The summed E-state index contributed by atoms with van der Waals surface area (Å²) in [5.74, 6) is -0.395. The van der Waals surface area contributed by atoms with Crippen molar-refractivity contribution in [3.05, 3.63) is 41.8 Å². The topological polar surface area (TPSA) is 33.0 Å². The molecule has 0 aliphatic rings. The smallest absolute Gasteiger partial charge is 0.384 e. The van der Waals surface area contributed by atoms with Gasteiger partial charge in [-0.1, -0.05) is 6.07 Å². The number of halogens is 3. The Bertz CT molecular complexity index is 434. The Morgan fingerprint density at radius 1 is 1.47 bits per heavy atom. The number of nitrogens with zero attached hydrogens (tertiary/aromatic N) is 1. The summed E-state index contributed by atoms with van der Waals surface area (Å²) < 4.78 is 42.8. The molecule has 2 nitrogen and oxygen atoms in total. The zero-order valence-corrected chi connectivity index (χ0v) is 9.21. The Labute approximate surface area is 97.6 Å². The highest BCUT2D eigenvalue weighted by Crippen LogP contribution is 2.33. The van der Waals surface area contributed by atoms with Gasteiger partial charge >= 0.3 is 6.18 Å². The molecule has 91 valence electrons. The summed E-state index contributed by atoms with van der Waals surface area (Å²) in [6, 6.07) is 5.10. The number of alkyl halides is 3. The molecule has 17 heavy (non-hydrogen) atoms.